The fraction of sp³-hybridized carbons (Fsp3) is 0.0526. The molecule has 0 amide bonds. The fourth-order valence-corrected chi connectivity index (χ4v) is 2.72. The van der Waals surface area contributed by atoms with Gasteiger partial charge in [-0.05, 0) is 59.5 Å². The molecule has 3 rings (SSSR count). The molecule has 0 radical (unpaired) electrons. The Balaban J connectivity index is 2.18. The van der Waals surface area contributed by atoms with Crippen LogP contribution >= 0.6 is 11.6 Å². The molecule has 0 unspecified atom stereocenters. The number of allylic oxidation sites excluding steroid dienone is 3. The van der Waals surface area contributed by atoms with Crippen molar-refractivity contribution < 1.29 is 4.39 Å². The van der Waals surface area contributed by atoms with Crippen molar-refractivity contribution in [3.63, 3.8) is 0 Å². The molecule has 0 N–H and O–H groups in total. The molecule has 2 aromatic carbocycles. The van der Waals surface area contributed by atoms with Gasteiger partial charge in [-0.25, -0.2) is 4.39 Å². The van der Waals surface area contributed by atoms with Crippen LogP contribution in [-0.2, 0) is 0 Å². The highest BCUT2D eigenvalue weighted by molar-refractivity contribution is 6.30. The van der Waals surface area contributed by atoms with Crippen LogP contribution in [0.1, 0.15) is 23.6 Å². The second-order valence-corrected chi connectivity index (χ2v) is 5.38. The van der Waals surface area contributed by atoms with Crippen molar-refractivity contribution in [2.75, 3.05) is 0 Å². The normalized spacial score (nSPS) is 15.2. The van der Waals surface area contributed by atoms with Gasteiger partial charge in [0.15, 0.2) is 0 Å². The lowest BCUT2D eigenvalue weighted by molar-refractivity contribution is 0.627. The second-order valence-electron chi connectivity index (χ2n) is 4.94. The fourth-order valence-electron chi connectivity index (χ4n) is 2.59. The van der Waals surface area contributed by atoms with Crippen LogP contribution in [0, 0.1) is 18.2 Å². The zero-order chi connectivity index (χ0) is 15.0. The van der Waals surface area contributed by atoms with Gasteiger partial charge >= 0.3 is 0 Å². The summed E-state index contributed by atoms with van der Waals surface area (Å²) < 4.78 is 13.5. The Morgan fingerprint density at radius 2 is 1.81 bits per heavy atom. The van der Waals surface area contributed by atoms with Gasteiger partial charge in [-0.1, -0.05) is 35.7 Å². The van der Waals surface area contributed by atoms with E-state index in [4.69, 9.17) is 18.0 Å². The summed E-state index contributed by atoms with van der Waals surface area (Å²) in [6, 6.07) is 12.3. The molecule has 0 spiro atoms. The molecular weight excluding hydrogens is 283 g/mol. The third-order valence-electron chi connectivity index (χ3n) is 3.65. The molecular formula is C19H12ClF. The van der Waals surface area contributed by atoms with Crippen molar-refractivity contribution in [3.8, 4) is 12.3 Å². The zero-order valence-electron chi connectivity index (χ0n) is 11.5. The van der Waals surface area contributed by atoms with Crippen molar-refractivity contribution in [3.05, 3.63) is 75.6 Å². The number of rotatable bonds is 1. The predicted molar refractivity (Wildman–Crippen MR) is 87.2 cm³/mol. The summed E-state index contributed by atoms with van der Waals surface area (Å²) in [5.74, 6) is 2.40. The van der Waals surface area contributed by atoms with Gasteiger partial charge in [0.1, 0.15) is 5.82 Å². The van der Waals surface area contributed by atoms with Gasteiger partial charge in [-0.3, -0.25) is 0 Å². The molecule has 0 fully saturated rings. The Morgan fingerprint density at radius 1 is 1.10 bits per heavy atom. The lowest BCUT2D eigenvalue weighted by Gasteiger charge is -2.04. The molecule has 0 saturated heterocycles. The van der Waals surface area contributed by atoms with E-state index in [1.807, 2.05) is 37.3 Å². The van der Waals surface area contributed by atoms with Gasteiger partial charge < -0.3 is 0 Å². The van der Waals surface area contributed by atoms with Gasteiger partial charge in [-0.15, -0.1) is 6.42 Å². The predicted octanol–water partition coefficient (Wildman–Crippen LogP) is 5.44. The van der Waals surface area contributed by atoms with Crippen LogP contribution in [0.4, 0.5) is 4.39 Å². The number of benzene rings is 2. The van der Waals surface area contributed by atoms with E-state index in [1.165, 1.54) is 12.1 Å². The molecule has 0 atom stereocenters. The highest BCUT2D eigenvalue weighted by Crippen LogP contribution is 2.41. The summed E-state index contributed by atoms with van der Waals surface area (Å²) in [6.07, 6.45) is 7.64. The summed E-state index contributed by atoms with van der Waals surface area (Å²) in [5, 5.41) is 0.697. The van der Waals surface area contributed by atoms with Crippen LogP contribution in [0.5, 0.6) is 0 Å². The van der Waals surface area contributed by atoms with E-state index in [2.05, 4.69) is 5.92 Å². The minimum atomic E-state index is -0.276. The molecule has 0 heterocycles. The summed E-state index contributed by atoms with van der Waals surface area (Å²) >= 11 is 5.90. The van der Waals surface area contributed by atoms with Crippen LogP contribution in [-0.4, -0.2) is 0 Å². The number of terminal acetylenes is 1. The average Bonchev–Trinajstić information content (AvgIpc) is 2.73. The maximum Gasteiger partial charge on any atom is 0.123 e. The quantitative estimate of drug-likeness (QED) is 0.614. The van der Waals surface area contributed by atoms with Gasteiger partial charge in [0, 0.05) is 16.2 Å². The Morgan fingerprint density at radius 3 is 2.48 bits per heavy atom. The molecule has 0 nitrogen and oxygen atoms in total. The van der Waals surface area contributed by atoms with Crippen molar-refractivity contribution >= 4 is 28.8 Å². The lowest BCUT2D eigenvalue weighted by Crippen LogP contribution is -1.85. The van der Waals surface area contributed by atoms with E-state index in [0.717, 1.165) is 33.4 Å². The molecule has 1 aliphatic rings. The summed E-state index contributed by atoms with van der Waals surface area (Å²) in [6.45, 7) is 1.97. The van der Waals surface area contributed by atoms with Crippen LogP contribution < -0.4 is 0 Å². The zero-order valence-corrected chi connectivity index (χ0v) is 12.2. The Hall–Kier alpha value is -2.30. The third kappa shape index (κ3) is 2.39. The minimum Gasteiger partial charge on any atom is -0.207 e. The van der Waals surface area contributed by atoms with Gasteiger partial charge in [0.05, 0.1) is 0 Å². The molecule has 0 saturated carbocycles. The topological polar surface area (TPSA) is 0 Å². The van der Waals surface area contributed by atoms with Crippen molar-refractivity contribution in [1.29, 1.82) is 0 Å². The highest BCUT2D eigenvalue weighted by atomic mass is 35.5. The van der Waals surface area contributed by atoms with Gasteiger partial charge in [0.25, 0.3) is 0 Å². The van der Waals surface area contributed by atoms with E-state index < -0.39 is 0 Å². The number of fused-ring (bicyclic) bond motifs is 1. The van der Waals surface area contributed by atoms with Gasteiger partial charge in [-0.2, -0.15) is 0 Å². The van der Waals surface area contributed by atoms with Crippen molar-refractivity contribution in [2.24, 2.45) is 0 Å². The minimum absolute atomic E-state index is 0.276. The largest absolute Gasteiger partial charge is 0.207 e. The molecule has 2 aromatic rings. The first-order valence-corrected chi connectivity index (χ1v) is 6.93. The monoisotopic (exact) mass is 294 g/mol. The maximum absolute atomic E-state index is 13.5. The summed E-state index contributed by atoms with van der Waals surface area (Å²) in [7, 11) is 0. The molecule has 102 valence electrons. The number of hydrogen-bond acceptors (Lipinski definition) is 0. The van der Waals surface area contributed by atoms with Crippen LogP contribution in [0.25, 0.3) is 17.2 Å². The Labute approximate surface area is 128 Å². The lowest BCUT2D eigenvalue weighted by atomic mass is 10.0. The Bertz CT molecular complexity index is 818. The maximum atomic E-state index is 13.5. The second kappa shape index (κ2) is 5.24. The molecule has 1 aliphatic carbocycles. The van der Waals surface area contributed by atoms with Crippen molar-refractivity contribution in [1.82, 2.24) is 0 Å². The number of halogens is 2. The van der Waals surface area contributed by atoms with E-state index in [0.29, 0.717) is 5.02 Å². The molecule has 0 bridgehead atoms. The molecule has 2 heteroatoms. The molecule has 0 aliphatic heterocycles. The first-order valence-electron chi connectivity index (χ1n) is 6.55. The summed E-state index contributed by atoms with van der Waals surface area (Å²) in [5.41, 5.74) is 5.56. The molecule has 0 aromatic heterocycles. The van der Waals surface area contributed by atoms with Crippen LogP contribution in [0.2, 0.25) is 5.02 Å². The smallest absolute Gasteiger partial charge is 0.123 e. The average molecular weight is 295 g/mol. The first-order chi connectivity index (χ1) is 10.1. The van der Waals surface area contributed by atoms with E-state index in [-0.39, 0.29) is 5.82 Å². The number of hydrogen-bond donors (Lipinski definition) is 0. The summed E-state index contributed by atoms with van der Waals surface area (Å²) in [4.78, 5) is 0. The first kappa shape index (κ1) is 13.7. The Kier molecular flexibility index (Phi) is 3.41. The van der Waals surface area contributed by atoms with E-state index in [1.54, 1.807) is 6.07 Å². The van der Waals surface area contributed by atoms with Crippen molar-refractivity contribution in [2.45, 2.75) is 6.92 Å². The van der Waals surface area contributed by atoms with Gasteiger partial charge in [0.2, 0.25) is 0 Å². The standard InChI is InChI=1S/C19H12ClF/c1-3-16-12(2)18(10-13-4-6-14(20)7-5-13)17-9-8-15(21)11-19(16)17/h1,4-11H,2H3. The van der Waals surface area contributed by atoms with E-state index in [9.17, 15) is 4.39 Å². The van der Waals surface area contributed by atoms with E-state index >= 15 is 0 Å². The highest BCUT2D eigenvalue weighted by Gasteiger charge is 2.22. The van der Waals surface area contributed by atoms with Crippen LogP contribution in [0.3, 0.4) is 0 Å². The van der Waals surface area contributed by atoms with Crippen LogP contribution in [0.15, 0.2) is 48.0 Å². The third-order valence-corrected chi connectivity index (χ3v) is 3.90. The SMILES string of the molecule is C#CC1=C(C)C(=Cc2ccc(Cl)cc2)c2ccc(F)cc21. The molecule has 21 heavy (non-hydrogen) atoms.